The van der Waals surface area contributed by atoms with Crippen LogP contribution in [0, 0.1) is 6.92 Å². The summed E-state index contributed by atoms with van der Waals surface area (Å²) < 4.78 is 2.43. The van der Waals surface area contributed by atoms with Crippen LogP contribution < -0.4 is 0 Å². The molecule has 0 saturated heterocycles. The van der Waals surface area contributed by atoms with Crippen molar-refractivity contribution in [1.29, 1.82) is 0 Å². The second-order valence-corrected chi connectivity index (χ2v) is 5.19. The Morgan fingerprint density at radius 2 is 1.84 bits per heavy atom. The van der Waals surface area contributed by atoms with Gasteiger partial charge < -0.3 is 4.57 Å². The van der Waals surface area contributed by atoms with Crippen LogP contribution in [0.1, 0.15) is 45.0 Å². The number of aromatic nitrogens is 1. The second-order valence-electron chi connectivity index (χ2n) is 5.19. The van der Waals surface area contributed by atoms with Crippen LogP contribution in [0.25, 0.3) is 16.5 Å². The Bertz CT molecular complexity index is 639. The summed E-state index contributed by atoms with van der Waals surface area (Å²) in [6.07, 6.45) is 6.50. The number of rotatable bonds is 3. The molecule has 2 rings (SSSR count). The number of nitrogens with zero attached hydrogens (tertiary/aromatic N) is 1. The van der Waals surface area contributed by atoms with E-state index in [2.05, 4.69) is 81.7 Å². The van der Waals surface area contributed by atoms with Crippen molar-refractivity contribution < 1.29 is 0 Å². The van der Waals surface area contributed by atoms with Crippen molar-refractivity contribution >= 4 is 16.5 Å². The SMILES string of the molecule is CC=CC(=CC)c1c(C)n(C(C)C)c2ccccc12. The van der Waals surface area contributed by atoms with Crippen LogP contribution in [0.15, 0.2) is 42.5 Å². The number of fused-ring (bicyclic) bond motifs is 1. The van der Waals surface area contributed by atoms with Gasteiger partial charge in [0.25, 0.3) is 0 Å². The lowest BCUT2D eigenvalue weighted by Gasteiger charge is -2.13. The fraction of sp³-hybridized carbons (Fsp3) is 0.333. The normalized spacial score (nSPS) is 13.1. The van der Waals surface area contributed by atoms with E-state index in [1.807, 2.05) is 0 Å². The lowest BCUT2D eigenvalue weighted by Crippen LogP contribution is -2.02. The monoisotopic (exact) mass is 253 g/mol. The van der Waals surface area contributed by atoms with Crippen molar-refractivity contribution in [1.82, 2.24) is 4.57 Å². The molecule has 0 unspecified atom stereocenters. The van der Waals surface area contributed by atoms with Crippen molar-refractivity contribution in [2.45, 2.75) is 40.7 Å². The highest BCUT2D eigenvalue weighted by Gasteiger charge is 2.16. The Morgan fingerprint density at radius 3 is 2.42 bits per heavy atom. The average molecular weight is 253 g/mol. The van der Waals surface area contributed by atoms with Crippen molar-refractivity contribution in [2.24, 2.45) is 0 Å². The average Bonchev–Trinajstić information content (AvgIpc) is 2.68. The lowest BCUT2D eigenvalue weighted by atomic mass is 10.0. The predicted molar refractivity (Wildman–Crippen MR) is 85.5 cm³/mol. The highest BCUT2D eigenvalue weighted by molar-refractivity contribution is 5.97. The molecular formula is C18H23N. The zero-order valence-corrected chi connectivity index (χ0v) is 12.6. The summed E-state index contributed by atoms with van der Waals surface area (Å²) in [5.74, 6) is 0. The first-order valence-corrected chi connectivity index (χ1v) is 7.00. The van der Waals surface area contributed by atoms with Gasteiger partial charge in [-0.3, -0.25) is 0 Å². The third-order valence-corrected chi connectivity index (χ3v) is 3.62. The topological polar surface area (TPSA) is 4.93 Å². The number of hydrogen-bond donors (Lipinski definition) is 0. The molecule has 0 amide bonds. The molecule has 0 radical (unpaired) electrons. The maximum absolute atomic E-state index is 2.43. The van der Waals surface area contributed by atoms with Gasteiger partial charge in [-0.25, -0.2) is 0 Å². The molecule has 1 aromatic carbocycles. The zero-order chi connectivity index (χ0) is 14.0. The fourth-order valence-corrected chi connectivity index (χ4v) is 2.92. The Morgan fingerprint density at radius 1 is 1.16 bits per heavy atom. The van der Waals surface area contributed by atoms with E-state index in [0.717, 1.165) is 0 Å². The van der Waals surface area contributed by atoms with E-state index in [4.69, 9.17) is 0 Å². The van der Waals surface area contributed by atoms with Gasteiger partial charge in [-0.15, -0.1) is 0 Å². The standard InChI is InChI=1S/C18H23N/c1-6-10-15(7-2)18-14(5)19(13(3)4)17-12-9-8-11-16(17)18/h6-13H,1-5H3. The Balaban J connectivity index is 2.85. The van der Waals surface area contributed by atoms with E-state index in [1.165, 1.54) is 27.7 Å². The van der Waals surface area contributed by atoms with Crippen LogP contribution in [0.3, 0.4) is 0 Å². The van der Waals surface area contributed by atoms with Crippen molar-refractivity contribution in [3.05, 3.63) is 53.8 Å². The van der Waals surface area contributed by atoms with Gasteiger partial charge in [0.1, 0.15) is 0 Å². The summed E-state index contributed by atoms with van der Waals surface area (Å²) in [4.78, 5) is 0. The molecule has 0 aliphatic carbocycles. The fourth-order valence-electron chi connectivity index (χ4n) is 2.92. The van der Waals surface area contributed by atoms with Crippen LogP contribution >= 0.6 is 0 Å². The Kier molecular flexibility index (Phi) is 3.94. The predicted octanol–water partition coefficient (Wildman–Crippen LogP) is 5.51. The van der Waals surface area contributed by atoms with Crippen LogP contribution in [-0.2, 0) is 0 Å². The summed E-state index contributed by atoms with van der Waals surface area (Å²) in [5.41, 5.74) is 5.34. The molecule has 0 N–H and O–H groups in total. The van der Waals surface area contributed by atoms with Crippen LogP contribution in [-0.4, -0.2) is 4.57 Å². The molecule has 0 bridgehead atoms. The van der Waals surface area contributed by atoms with Gasteiger partial charge in [-0.1, -0.05) is 36.4 Å². The van der Waals surface area contributed by atoms with Crippen LogP contribution in [0.4, 0.5) is 0 Å². The van der Waals surface area contributed by atoms with Gasteiger partial charge >= 0.3 is 0 Å². The van der Waals surface area contributed by atoms with Crippen LogP contribution in [0.5, 0.6) is 0 Å². The smallest absolute Gasteiger partial charge is 0.0491 e. The van der Waals surface area contributed by atoms with Gasteiger partial charge in [-0.05, 0) is 46.3 Å². The van der Waals surface area contributed by atoms with E-state index in [0.29, 0.717) is 6.04 Å². The number of benzene rings is 1. The Hall–Kier alpha value is -1.76. The molecule has 2 aromatic rings. The van der Waals surface area contributed by atoms with E-state index in [9.17, 15) is 0 Å². The van der Waals surface area contributed by atoms with E-state index in [-0.39, 0.29) is 0 Å². The van der Waals surface area contributed by atoms with Gasteiger partial charge in [0.05, 0.1) is 0 Å². The molecular weight excluding hydrogens is 230 g/mol. The number of para-hydroxylation sites is 1. The molecule has 0 atom stereocenters. The second kappa shape index (κ2) is 5.48. The molecule has 1 heteroatoms. The quantitative estimate of drug-likeness (QED) is 0.636. The first-order valence-electron chi connectivity index (χ1n) is 7.00. The maximum atomic E-state index is 2.43. The van der Waals surface area contributed by atoms with Crippen molar-refractivity contribution in [3.8, 4) is 0 Å². The summed E-state index contributed by atoms with van der Waals surface area (Å²) in [6, 6.07) is 9.16. The summed E-state index contributed by atoms with van der Waals surface area (Å²) in [5, 5.41) is 1.35. The first-order chi connectivity index (χ1) is 9.11. The molecule has 0 aliphatic heterocycles. The molecule has 0 aliphatic rings. The van der Waals surface area contributed by atoms with Crippen molar-refractivity contribution in [2.75, 3.05) is 0 Å². The molecule has 0 saturated carbocycles. The minimum absolute atomic E-state index is 0.474. The number of allylic oxidation sites excluding steroid dienone is 4. The van der Waals surface area contributed by atoms with Gasteiger partial charge in [0.15, 0.2) is 0 Å². The Labute approximate surface area is 116 Å². The minimum atomic E-state index is 0.474. The maximum Gasteiger partial charge on any atom is 0.0491 e. The molecule has 100 valence electrons. The molecule has 1 nitrogen and oxygen atoms in total. The highest BCUT2D eigenvalue weighted by atomic mass is 15.0. The lowest BCUT2D eigenvalue weighted by molar-refractivity contribution is 0.607. The third kappa shape index (κ3) is 2.25. The van der Waals surface area contributed by atoms with Gasteiger partial charge in [0, 0.05) is 28.2 Å². The van der Waals surface area contributed by atoms with Gasteiger partial charge in [-0.2, -0.15) is 0 Å². The largest absolute Gasteiger partial charge is 0.342 e. The van der Waals surface area contributed by atoms with E-state index in [1.54, 1.807) is 0 Å². The molecule has 0 fully saturated rings. The summed E-state index contributed by atoms with van der Waals surface area (Å²) in [7, 11) is 0. The number of hydrogen-bond acceptors (Lipinski definition) is 0. The van der Waals surface area contributed by atoms with Crippen LogP contribution in [0.2, 0.25) is 0 Å². The summed E-state index contributed by atoms with van der Waals surface area (Å²) >= 11 is 0. The molecule has 1 heterocycles. The van der Waals surface area contributed by atoms with Crippen molar-refractivity contribution in [3.63, 3.8) is 0 Å². The molecule has 1 aromatic heterocycles. The van der Waals surface area contributed by atoms with E-state index < -0.39 is 0 Å². The zero-order valence-electron chi connectivity index (χ0n) is 12.6. The first kappa shape index (κ1) is 13.7. The summed E-state index contributed by atoms with van der Waals surface area (Å²) in [6.45, 7) is 10.9. The highest BCUT2D eigenvalue weighted by Crippen LogP contribution is 2.34. The molecule has 19 heavy (non-hydrogen) atoms. The third-order valence-electron chi connectivity index (χ3n) is 3.62. The minimum Gasteiger partial charge on any atom is -0.342 e. The van der Waals surface area contributed by atoms with E-state index >= 15 is 0 Å². The molecule has 0 spiro atoms. The van der Waals surface area contributed by atoms with Gasteiger partial charge in [0.2, 0.25) is 0 Å².